The molecule has 1 rings (SSSR count). The van der Waals surface area contributed by atoms with E-state index in [4.69, 9.17) is 0 Å². The first-order valence-electron chi connectivity index (χ1n) is 6.82. The molecule has 0 spiro atoms. The highest BCUT2D eigenvalue weighted by atomic mass is 32.2. The summed E-state index contributed by atoms with van der Waals surface area (Å²) in [4.78, 5) is 4.32. The van der Waals surface area contributed by atoms with Gasteiger partial charge in [-0.2, -0.15) is 11.8 Å². The molecule has 0 bridgehead atoms. The Morgan fingerprint density at radius 2 is 1.88 bits per heavy atom. The second-order valence-corrected chi connectivity index (χ2v) is 5.81. The van der Waals surface area contributed by atoms with Gasteiger partial charge in [-0.25, -0.2) is 0 Å². The first-order chi connectivity index (χ1) is 8.33. The van der Waals surface area contributed by atoms with Crippen LogP contribution in [0.3, 0.4) is 0 Å². The Morgan fingerprint density at radius 3 is 2.59 bits per heavy atom. The van der Waals surface area contributed by atoms with Gasteiger partial charge < -0.3 is 0 Å². The first kappa shape index (κ1) is 14.6. The van der Waals surface area contributed by atoms with Crippen LogP contribution in [0.2, 0.25) is 0 Å². The molecule has 2 heteroatoms. The van der Waals surface area contributed by atoms with Crippen molar-refractivity contribution >= 4 is 11.8 Å². The molecule has 1 aromatic rings. The van der Waals surface area contributed by atoms with Crippen LogP contribution in [0.5, 0.6) is 0 Å². The zero-order valence-corrected chi connectivity index (χ0v) is 12.1. The van der Waals surface area contributed by atoms with E-state index in [2.05, 4.69) is 35.8 Å². The van der Waals surface area contributed by atoms with Gasteiger partial charge in [0.1, 0.15) is 0 Å². The molecule has 96 valence electrons. The second-order valence-electron chi connectivity index (χ2n) is 4.58. The fourth-order valence-corrected chi connectivity index (χ4v) is 2.74. The highest BCUT2D eigenvalue weighted by molar-refractivity contribution is 7.99. The molecule has 0 radical (unpaired) electrons. The Labute approximate surface area is 110 Å². The molecule has 0 amide bonds. The van der Waals surface area contributed by atoms with E-state index in [0.29, 0.717) is 0 Å². The summed E-state index contributed by atoms with van der Waals surface area (Å²) in [6.07, 6.45) is 10.1. The predicted octanol–water partition coefficient (Wildman–Crippen LogP) is 4.64. The molecule has 0 saturated heterocycles. The Bertz CT molecular complexity index is 281. The molecule has 0 aliphatic carbocycles. The molecule has 0 atom stereocenters. The molecular weight excluding hydrogens is 226 g/mol. The zero-order valence-electron chi connectivity index (χ0n) is 11.2. The highest BCUT2D eigenvalue weighted by Crippen LogP contribution is 2.11. The van der Waals surface area contributed by atoms with Crippen molar-refractivity contribution in [1.82, 2.24) is 4.98 Å². The lowest BCUT2D eigenvalue weighted by Crippen LogP contribution is -1.92. The monoisotopic (exact) mass is 251 g/mol. The lowest BCUT2D eigenvalue weighted by atomic mass is 10.2. The van der Waals surface area contributed by atoms with Crippen molar-refractivity contribution < 1.29 is 0 Å². The van der Waals surface area contributed by atoms with Gasteiger partial charge in [-0.3, -0.25) is 4.98 Å². The number of hydrogen-bond donors (Lipinski definition) is 0. The maximum Gasteiger partial charge on any atom is 0.0372 e. The lowest BCUT2D eigenvalue weighted by Gasteiger charge is -2.02. The van der Waals surface area contributed by atoms with Gasteiger partial charge in [0.15, 0.2) is 0 Å². The Kier molecular flexibility index (Phi) is 8.16. The van der Waals surface area contributed by atoms with Gasteiger partial charge in [-0.15, -0.1) is 0 Å². The molecule has 0 fully saturated rings. The van der Waals surface area contributed by atoms with Crippen LogP contribution < -0.4 is 0 Å². The maximum atomic E-state index is 4.32. The molecule has 17 heavy (non-hydrogen) atoms. The largest absolute Gasteiger partial charge is 0.261 e. The zero-order chi connectivity index (χ0) is 12.3. The van der Waals surface area contributed by atoms with E-state index in [1.807, 2.05) is 13.1 Å². The summed E-state index contributed by atoms with van der Waals surface area (Å²) in [7, 11) is 0. The fraction of sp³-hybridized carbons (Fsp3) is 0.667. The number of unbranched alkanes of at least 4 members (excludes halogenated alkanes) is 4. The number of thioether (sulfide) groups is 1. The molecule has 0 unspecified atom stereocenters. The minimum Gasteiger partial charge on any atom is -0.261 e. The summed E-state index contributed by atoms with van der Waals surface area (Å²) >= 11 is 2.08. The topological polar surface area (TPSA) is 12.9 Å². The van der Waals surface area contributed by atoms with Gasteiger partial charge in [0.05, 0.1) is 0 Å². The average Bonchev–Trinajstić information content (AvgIpc) is 2.35. The highest BCUT2D eigenvalue weighted by Gasteiger charge is 1.95. The Morgan fingerprint density at radius 1 is 1.06 bits per heavy atom. The van der Waals surface area contributed by atoms with Crippen LogP contribution in [0.1, 0.15) is 50.3 Å². The SMILES string of the molecule is CCCCCCCSCCc1ccc(C)nc1. The molecule has 0 aliphatic rings. The number of hydrogen-bond acceptors (Lipinski definition) is 2. The Hall–Kier alpha value is -0.500. The molecule has 1 aromatic heterocycles. The van der Waals surface area contributed by atoms with E-state index in [1.54, 1.807) is 0 Å². The number of nitrogens with zero attached hydrogens (tertiary/aromatic N) is 1. The van der Waals surface area contributed by atoms with Gasteiger partial charge in [0.25, 0.3) is 0 Å². The third-order valence-electron chi connectivity index (χ3n) is 2.90. The van der Waals surface area contributed by atoms with Crippen LogP contribution in [-0.4, -0.2) is 16.5 Å². The third kappa shape index (κ3) is 7.43. The summed E-state index contributed by atoms with van der Waals surface area (Å²) in [6.45, 7) is 4.30. The van der Waals surface area contributed by atoms with Gasteiger partial charge >= 0.3 is 0 Å². The summed E-state index contributed by atoms with van der Waals surface area (Å²) in [5.41, 5.74) is 2.48. The number of aryl methyl sites for hydroxylation is 2. The molecule has 0 N–H and O–H groups in total. The van der Waals surface area contributed by atoms with E-state index >= 15 is 0 Å². The lowest BCUT2D eigenvalue weighted by molar-refractivity contribution is 0.659. The minimum atomic E-state index is 1.11. The number of pyridine rings is 1. The molecule has 1 heterocycles. The summed E-state index contributed by atoms with van der Waals surface area (Å²) in [5, 5.41) is 0. The van der Waals surface area contributed by atoms with Crippen LogP contribution in [0, 0.1) is 6.92 Å². The van der Waals surface area contributed by atoms with Crippen LogP contribution in [0.15, 0.2) is 18.3 Å². The smallest absolute Gasteiger partial charge is 0.0372 e. The van der Waals surface area contributed by atoms with Crippen LogP contribution >= 0.6 is 11.8 Å². The van der Waals surface area contributed by atoms with E-state index in [1.165, 1.54) is 49.2 Å². The van der Waals surface area contributed by atoms with Gasteiger partial charge in [0.2, 0.25) is 0 Å². The average molecular weight is 251 g/mol. The van der Waals surface area contributed by atoms with Gasteiger partial charge in [-0.1, -0.05) is 38.7 Å². The van der Waals surface area contributed by atoms with E-state index in [0.717, 1.165) is 12.1 Å². The Balaban J connectivity index is 1.95. The van der Waals surface area contributed by atoms with Crippen LogP contribution in [0.4, 0.5) is 0 Å². The number of rotatable bonds is 9. The normalized spacial score (nSPS) is 10.7. The van der Waals surface area contributed by atoms with Crippen molar-refractivity contribution in [2.75, 3.05) is 11.5 Å². The van der Waals surface area contributed by atoms with Crippen molar-refractivity contribution in [3.05, 3.63) is 29.6 Å². The quantitative estimate of drug-likeness (QED) is 0.593. The summed E-state index contributed by atoms with van der Waals surface area (Å²) in [6, 6.07) is 4.30. The van der Waals surface area contributed by atoms with Crippen molar-refractivity contribution in [2.24, 2.45) is 0 Å². The van der Waals surface area contributed by atoms with E-state index < -0.39 is 0 Å². The first-order valence-corrected chi connectivity index (χ1v) is 7.97. The molecule has 0 saturated carbocycles. The second kappa shape index (κ2) is 9.52. The van der Waals surface area contributed by atoms with Crippen molar-refractivity contribution in [3.8, 4) is 0 Å². The molecule has 0 aromatic carbocycles. The summed E-state index contributed by atoms with van der Waals surface area (Å²) < 4.78 is 0. The third-order valence-corrected chi connectivity index (χ3v) is 3.97. The van der Waals surface area contributed by atoms with Crippen molar-refractivity contribution in [3.63, 3.8) is 0 Å². The minimum absolute atomic E-state index is 1.11. The van der Waals surface area contributed by atoms with Crippen molar-refractivity contribution in [1.29, 1.82) is 0 Å². The maximum absolute atomic E-state index is 4.32. The van der Waals surface area contributed by atoms with E-state index in [-0.39, 0.29) is 0 Å². The predicted molar refractivity (Wildman–Crippen MR) is 78.8 cm³/mol. The van der Waals surface area contributed by atoms with Crippen molar-refractivity contribution in [2.45, 2.75) is 52.4 Å². The standard InChI is InChI=1S/C15H25NS/c1-3-4-5-6-7-11-17-12-10-15-9-8-14(2)16-13-15/h8-9,13H,3-7,10-12H2,1-2H3. The van der Waals surface area contributed by atoms with Gasteiger partial charge in [0, 0.05) is 11.9 Å². The molecular formula is C15H25NS. The molecule has 0 aliphatic heterocycles. The van der Waals surface area contributed by atoms with Gasteiger partial charge in [-0.05, 0) is 42.9 Å². The van der Waals surface area contributed by atoms with Crippen LogP contribution in [-0.2, 0) is 6.42 Å². The summed E-state index contributed by atoms with van der Waals surface area (Å²) in [5.74, 6) is 2.56. The fourth-order valence-electron chi connectivity index (χ4n) is 1.75. The molecule has 1 nitrogen and oxygen atoms in total. The van der Waals surface area contributed by atoms with E-state index in [9.17, 15) is 0 Å². The number of aromatic nitrogens is 1. The van der Waals surface area contributed by atoms with Crippen LogP contribution in [0.25, 0.3) is 0 Å².